The minimum absolute atomic E-state index is 0.359. The van der Waals surface area contributed by atoms with Crippen molar-refractivity contribution in [2.45, 2.75) is 51.8 Å². The van der Waals surface area contributed by atoms with Gasteiger partial charge in [0, 0.05) is 19.5 Å². The zero-order valence-electron chi connectivity index (χ0n) is 14.9. The molecule has 24 heavy (non-hydrogen) atoms. The number of benzene rings is 1. The lowest BCUT2D eigenvalue weighted by molar-refractivity contribution is -0.120. The number of rotatable bonds is 4. The van der Waals surface area contributed by atoms with Gasteiger partial charge in [0.05, 0.1) is 0 Å². The fourth-order valence-corrected chi connectivity index (χ4v) is 2.78. The molecule has 1 aromatic rings. The smallest absolute Gasteiger partial charge is 0.408 e. The number of fused-ring (bicyclic) bond motifs is 1. The summed E-state index contributed by atoms with van der Waals surface area (Å²) in [5.74, 6) is -0.571. The molecule has 1 heterocycles. The molecular formula is C18H27N3O3. The van der Waals surface area contributed by atoms with Crippen LogP contribution in [0.3, 0.4) is 0 Å². The molecule has 1 aliphatic heterocycles. The standard InChI is InChI=1S/C18H27N3O3/c1-18(2,3)24-17(23)20-15(16(19)22)10-12-5-6-14-11-21(4)8-7-13(14)9-12/h5-6,9,15H,7-8,10-11H2,1-4H3,(H2,19,22)(H,20,23)/t15-/m0/s1. The van der Waals surface area contributed by atoms with E-state index in [1.54, 1.807) is 20.8 Å². The van der Waals surface area contributed by atoms with Gasteiger partial charge in [-0.15, -0.1) is 0 Å². The van der Waals surface area contributed by atoms with Gasteiger partial charge in [0.25, 0.3) is 0 Å². The van der Waals surface area contributed by atoms with E-state index in [2.05, 4.69) is 29.4 Å². The first-order valence-electron chi connectivity index (χ1n) is 8.22. The molecule has 0 spiro atoms. The van der Waals surface area contributed by atoms with Crippen LogP contribution in [0.2, 0.25) is 0 Å². The van der Waals surface area contributed by atoms with Gasteiger partial charge in [-0.1, -0.05) is 18.2 Å². The first-order valence-corrected chi connectivity index (χ1v) is 8.22. The second-order valence-electron chi connectivity index (χ2n) is 7.40. The number of hydrogen-bond acceptors (Lipinski definition) is 4. The van der Waals surface area contributed by atoms with Crippen LogP contribution in [0.4, 0.5) is 4.79 Å². The number of nitrogens with one attached hydrogen (secondary N) is 1. The maximum atomic E-state index is 11.9. The van der Waals surface area contributed by atoms with E-state index in [-0.39, 0.29) is 0 Å². The molecule has 1 atom stereocenters. The molecule has 6 nitrogen and oxygen atoms in total. The van der Waals surface area contributed by atoms with Crippen molar-refractivity contribution < 1.29 is 14.3 Å². The zero-order chi connectivity index (χ0) is 17.9. The highest BCUT2D eigenvalue weighted by Crippen LogP contribution is 2.20. The molecule has 132 valence electrons. The Hall–Kier alpha value is -2.08. The average molecular weight is 333 g/mol. The molecule has 0 bridgehead atoms. The Morgan fingerprint density at radius 1 is 1.33 bits per heavy atom. The summed E-state index contributed by atoms with van der Waals surface area (Å²) in [6, 6.07) is 5.40. The highest BCUT2D eigenvalue weighted by molar-refractivity contribution is 5.84. The number of alkyl carbamates (subject to hydrolysis) is 1. The Morgan fingerprint density at radius 2 is 2.04 bits per heavy atom. The Labute approximate surface area is 143 Å². The molecule has 1 aromatic carbocycles. The summed E-state index contributed by atoms with van der Waals surface area (Å²) in [6.07, 6.45) is 0.712. The van der Waals surface area contributed by atoms with Gasteiger partial charge in [0.15, 0.2) is 0 Å². The number of nitrogens with zero attached hydrogens (tertiary/aromatic N) is 1. The van der Waals surface area contributed by atoms with Gasteiger partial charge in [-0.3, -0.25) is 4.79 Å². The quantitative estimate of drug-likeness (QED) is 0.876. The van der Waals surface area contributed by atoms with E-state index in [1.165, 1.54) is 11.1 Å². The molecule has 0 saturated carbocycles. The van der Waals surface area contributed by atoms with Crippen molar-refractivity contribution in [2.24, 2.45) is 5.73 Å². The van der Waals surface area contributed by atoms with Crippen LogP contribution in [-0.4, -0.2) is 42.1 Å². The third-order valence-corrected chi connectivity index (χ3v) is 3.95. The molecule has 0 aliphatic carbocycles. The minimum atomic E-state index is -0.788. The summed E-state index contributed by atoms with van der Waals surface area (Å²) in [4.78, 5) is 25.8. The number of likely N-dealkylation sites (N-methyl/N-ethyl adjacent to an activating group) is 1. The van der Waals surface area contributed by atoms with E-state index in [4.69, 9.17) is 10.5 Å². The average Bonchev–Trinajstić information content (AvgIpc) is 2.44. The summed E-state index contributed by atoms with van der Waals surface area (Å²) in [7, 11) is 2.10. The van der Waals surface area contributed by atoms with E-state index >= 15 is 0 Å². The first kappa shape index (κ1) is 18.3. The van der Waals surface area contributed by atoms with Crippen LogP contribution in [0.25, 0.3) is 0 Å². The number of carbonyl (C=O) groups is 2. The van der Waals surface area contributed by atoms with Gasteiger partial charge in [-0.2, -0.15) is 0 Å². The number of amides is 2. The van der Waals surface area contributed by atoms with E-state index in [1.807, 2.05) is 6.07 Å². The second kappa shape index (κ2) is 7.21. The SMILES string of the molecule is CN1CCc2cc(C[C@H](NC(=O)OC(C)(C)C)C(N)=O)ccc2C1. The highest BCUT2D eigenvalue weighted by atomic mass is 16.6. The van der Waals surface area contributed by atoms with Crippen LogP contribution < -0.4 is 11.1 Å². The summed E-state index contributed by atoms with van der Waals surface area (Å²) in [5.41, 5.74) is 8.41. The predicted octanol–water partition coefficient (Wildman–Crippen LogP) is 1.60. The summed E-state index contributed by atoms with van der Waals surface area (Å²) < 4.78 is 5.20. The highest BCUT2D eigenvalue weighted by Gasteiger charge is 2.23. The lowest BCUT2D eigenvalue weighted by Crippen LogP contribution is -2.47. The topological polar surface area (TPSA) is 84.7 Å². The van der Waals surface area contributed by atoms with Crippen LogP contribution in [0.1, 0.15) is 37.5 Å². The Morgan fingerprint density at radius 3 is 2.67 bits per heavy atom. The molecular weight excluding hydrogens is 306 g/mol. The molecule has 2 rings (SSSR count). The molecule has 2 amide bonds. The molecule has 6 heteroatoms. The van der Waals surface area contributed by atoms with E-state index in [0.29, 0.717) is 6.42 Å². The maximum Gasteiger partial charge on any atom is 0.408 e. The van der Waals surface area contributed by atoms with E-state index in [0.717, 1.165) is 25.1 Å². The molecule has 0 radical (unpaired) electrons. The van der Waals surface area contributed by atoms with Gasteiger partial charge in [-0.25, -0.2) is 4.79 Å². The Bertz CT molecular complexity index is 622. The van der Waals surface area contributed by atoms with Crippen LogP contribution in [0.5, 0.6) is 0 Å². The summed E-state index contributed by atoms with van der Waals surface area (Å²) in [5, 5.41) is 2.56. The third kappa shape index (κ3) is 5.23. The van der Waals surface area contributed by atoms with Crippen LogP contribution in [0.15, 0.2) is 18.2 Å². The van der Waals surface area contributed by atoms with E-state index in [9.17, 15) is 9.59 Å². The van der Waals surface area contributed by atoms with Crippen molar-refractivity contribution in [3.63, 3.8) is 0 Å². The third-order valence-electron chi connectivity index (χ3n) is 3.95. The summed E-state index contributed by atoms with van der Waals surface area (Å²) in [6.45, 7) is 7.27. The number of hydrogen-bond donors (Lipinski definition) is 2. The molecule has 1 aliphatic rings. The maximum absolute atomic E-state index is 11.9. The monoisotopic (exact) mass is 333 g/mol. The number of nitrogens with two attached hydrogens (primary N) is 1. The second-order valence-corrected chi connectivity index (χ2v) is 7.40. The van der Waals surface area contributed by atoms with Crippen molar-refractivity contribution in [1.29, 1.82) is 0 Å². The van der Waals surface area contributed by atoms with Crippen LogP contribution >= 0.6 is 0 Å². The van der Waals surface area contributed by atoms with Gasteiger partial charge in [0.2, 0.25) is 5.91 Å². The minimum Gasteiger partial charge on any atom is -0.444 e. The van der Waals surface area contributed by atoms with Gasteiger partial charge < -0.3 is 20.7 Å². The first-order chi connectivity index (χ1) is 11.1. The van der Waals surface area contributed by atoms with E-state index < -0.39 is 23.6 Å². The fraction of sp³-hybridized carbons (Fsp3) is 0.556. The summed E-state index contributed by atoms with van der Waals surface area (Å²) >= 11 is 0. The molecule has 0 unspecified atom stereocenters. The predicted molar refractivity (Wildman–Crippen MR) is 92.5 cm³/mol. The molecule has 0 fully saturated rings. The Kier molecular flexibility index (Phi) is 5.49. The van der Waals surface area contributed by atoms with Crippen molar-refractivity contribution in [3.05, 3.63) is 34.9 Å². The van der Waals surface area contributed by atoms with Gasteiger partial charge >= 0.3 is 6.09 Å². The number of carbonyl (C=O) groups excluding carboxylic acids is 2. The largest absolute Gasteiger partial charge is 0.444 e. The molecule has 3 N–H and O–H groups in total. The van der Waals surface area contributed by atoms with Crippen molar-refractivity contribution in [3.8, 4) is 0 Å². The Balaban J connectivity index is 2.05. The van der Waals surface area contributed by atoms with Crippen molar-refractivity contribution >= 4 is 12.0 Å². The fourth-order valence-electron chi connectivity index (χ4n) is 2.78. The lowest BCUT2D eigenvalue weighted by atomic mass is 9.95. The van der Waals surface area contributed by atoms with Crippen molar-refractivity contribution in [1.82, 2.24) is 10.2 Å². The number of ether oxygens (including phenoxy) is 1. The number of primary amides is 1. The van der Waals surface area contributed by atoms with Crippen LogP contribution in [0, 0.1) is 0 Å². The normalized spacial score (nSPS) is 16.2. The molecule has 0 saturated heterocycles. The molecule has 0 aromatic heterocycles. The van der Waals surface area contributed by atoms with Gasteiger partial charge in [0.1, 0.15) is 11.6 Å². The lowest BCUT2D eigenvalue weighted by Gasteiger charge is -2.26. The van der Waals surface area contributed by atoms with Crippen LogP contribution in [-0.2, 0) is 28.9 Å². The van der Waals surface area contributed by atoms with Crippen molar-refractivity contribution in [2.75, 3.05) is 13.6 Å². The van der Waals surface area contributed by atoms with Gasteiger partial charge in [-0.05, 0) is 50.9 Å². The zero-order valence-corrected chi connectivity index (χ0v) is 14.9.